The first kappa shape index (κ1) is 37.8. The molecule has 4 unspecified atom stereocenters. The summed E-state index contributed by atoms with van der Waals surface area (Å²) < 4.78 is 31.7. The van der Waals surface area contributed by atoms with Crippen molar-refractivity contribution in [2.24, 2.45) is 0 Å². The highest BCUT2D eigenvalue weighted by Crippen LogP contribution is 2.53. The summed E-state index contributed by atoms with van der Waals surface area (Å²) in [7, 11) is 8.88. The van der Waals surface area contributed by atoms with Crippen molar-refractivity contribution in [1.82, 2.24) is 0 Å². The molecule has 0 radical (unpaired) electrons. The number of rotatable bonds is 9. The average molecular weight is 755 g/mol. The molecular weight excluding hydrogens is 704 g/mol. The Morgan fingerprint density at radius 3 is 1.89 bits per heavy atom. The van der Waals surface area contributed by atoms with Gasteiger partial charge in [0, 0.05) is 31.2 Å². The molecule has 4 aromatic rings. The van der Waals surface area contributed by atoms with Crippen LogP contribution in [0.4, 0.5) is 0 Å². The third-order valence-corrected chi connectivity index (χ3v) is 12.1. The molecule has 4 aliphatic heterocycles. The zero-order chi connectivity index (χ0) is 39.1. The van der Waals surface area contributed by atoms with Gasteiger partial charge in [0.15, 0.2) is 34.5 Å². The van der Waals surface area contributed by atoms with Crippen LogP contribution in [-0.2, 0) is 35.3 Å². The Hall–Kier alpha value is -5.46. The van der Waals surface area contributed by atoms with E-state index in [-0.39, 0.29) is 42.2 Å². The fraction of sp³-hybridized carbons (Fsp3) is 0.395. The van der Waals surface area contributed by atoms with E-state index in [1.807, 2.05) is 60.7 Å². The van der Waals surface area contributed by atoms with Crippen LogP contribution in [0.15, 0.2) is 60.7 Å². The summed E-state index contributed by atoms with van der Waals surface area (Å²) in [5.74, 6) is 1.26. The van der Waals surface area contributed by atoms with E-state index < -0.39 is 11.9 Å². The molecule has 0 spiro atoms. The van der Waals surface area contributed by atoms with Gasteiger partial charge in [0.25, 0.3) is 0 Å². The van der Waals surface area contributed by atoms with Gasteiger partial charge in [-0.3, -0.25) is 9.59 Å². The van der Waals surface area contributed by atoms with Crippen LogP contribution < -0.4 is 23.7 Å². The molecule has 4 atom stereocenters. The molecule has 4 aliphatic rings. The summed E-state index contributed by atoms with van der Waals surface area (Å²) >= 11 is 0. The molecule has 0 aliphatic carbocycles. The number of ether oxygens (including phenoxy) is 5. The van der Waals surface area contributed by atoms with Crippen molar-refractivity contribution in [3.05, 3.63) is 94.0 Å². The highest BCUT2D eigenvalue weighted by atomic mass is 16.5. The maximum absolute atomic E-state index is 12.0. The molecule has 0 saturated carbocycles. The van der Waals surface area contributed by atoms with Gasteiger partial charge in [-0.15, -0.1) is 0 Å². The lowest BCUT2D eigenvalue weighted by atomic mass is 9.85. The zero-order valence-corrected chi connectivity index (χ0v) is 32.1. The van der Waals surface area contributed by atoms with Gasteiger partial charge >= 0.3 is 11.9 Å². The predicted octanol–water partition coefficient (Wildman–Crippen LogP) is 6.84. The molecule has 290 valence electrons. The Bertz CT molecular complexity index is 2120. The summed E-state index contributed by atoms with van der Waals surface area (Å²) in [6.07, 6.45) is 2.39. The van der Waals surface area contributed by atoms with Gasteiger partial charge < -0.3 is 48.0 Å². The van der Waals surface area contributed by atoms with E-state index in [1.54, 1.807) is 14.2 Å². The second kappa shape index (κ2) is 15.0. The Balaban J connectivity index is 1.48. The highest BCUT2D eigenvalue weighted by molar-refractivity contribution is 5.67. The van der Waals surface area contributed by atoms with E-state index >= 15 is 0 Å². The van der Waals surface area contributed by atoms with E-state index in [4.69, 9.17) is 23.7 Å². The van der Waals surface area contributed by atoms with Crippen molar-refractivity contribution >= 4 is 11.9 Å². The maximum atomic E-state index is 12.0. The molecule has 6 bridgehead atoms. The van der Waals surface area contributed by atoms with Crippen LogP contribution in [0.2, 0.25) is 0 Å². The number of aromatic hydroxyl groups is 1. The molecule has 0 aromatic heterocycles. The number of nitrogens with zero attached hydrogens (tertiary/aromatic N) is 2. The van der Waals surface area contributed by atoms with Crippen LogP contribution in [0.3, 0.4) is 0 Å². The fourth-order valence-corrected chi connectivity index (χ4v) is 8.81. The molecule has 0 amide bonds. The van der Waals surface area contributed by atoms with Crippen LogP contribution in [-0.4, -0.2) is 97.8 Å². The molecule has 4 aromatic carbocycles. The minimum Gasteiger partial charge on any atom is -0.502 e. The topological polar surface area (TPSA) is 141 Å². The molecule has 0 saturated heterocycles. The first-order valence-electron chi connectivity index (χ1n) is 18.7. The van der Waals surface area contributed by atoms with Crippen LogP contribution in [0.25, 0.3) is 0 Å². The molecule has 3 N–H and O–H groups in total. The number of hydrogen-bond acceptors (Lipinski definition) is 8. The number of methoxy groups -OCH3 is 3. The van der Waals surface area contributed by atoms with E-state index in [0.29, 0.717) is 83.0 Å². The van der Waals surface area contributed by atoms with Gasteiger partial charge in [0.1, 0.15) is 17.8 Å². The number of phenols is 1. The van der Waals surface area contributed by atoms with Gasteiger partial charge in [0.2, 0.25) is 5.75 Å². The summed E-state index contributed by atoms with van der Waals surface area (Å²) in [4.78, 5) is 23.9. The lowest BCUT2D eigenvalue weighted by Crippen LogP contribution is -2.53. The van der Waals surface area contributed by atoms with E-state index in [2.05, 4.69) is 14.1 Å². The van der Waals surface area contributed by atoms with Gasteiger partial charge in [-0.1, -0.05) is 18.2 Å². The molecule has 55 heavy (non-hydrogen) atoms. The number of carboxylic acid groups (broad SMARTS) is 2. The highest BCUT2D eigenvalue weighted by Gasteiger charge is 2.44. The summed E-state index contributed by atoms with van der Waals surface area (Å²) in [5.41, 5.74) is 5.81. The number of fused-ring (bicyclic) bond motifs is 2. The molecule has 12 nitrogen and oxygen atoms in total. The number of carboxylic acids is 2. The Morgan fingerprint density at radius 1 is 0.691 bits per heavy atom. The van der Waals surface area contributed by atoms with E-state index in [0.717, 1.165) is 39.9 Å². The Labute approximate surface area is 321 Å². The van der Waals surface area contributed by atoms with Gasteiger partial charge in [-0.2, -0.15) is 0 Å². The number of carbonyl (C=O) groups is 2. The minimum atomic E-state index is -0.882. The Morgan fingerprint density at radius 2 is 1.25 bits per heavy atom. The van der Waals surface area contributed by atoms with Crippen LogP contribution >= 0.6 is 0 Å². The van der Waals surface area contributed by atoms with Crippen molar-refractivity contribution in [3.8, 4) is 46.0 Å². The monoisotopic (exact) mass is 754 g/mol. The normalized spacial score (nSPS) is 22.6. The molecule has 8 rings (SSSR count). The summed E-state index contributed by atoms with van der Waals surface area (Å²) in [5, 5.41) is 31.6. The minimum absolute atomic E-state index is 0.0274. The SMILES string of the molecule is COc1ccc2cc1Oc1ccc(cc1)CC1c3cc(c(OC)cc3CC[N+]1(C)CCC(=O)O)Oc1c(O)c(OC)cc3c1C(C2)[N+](C)(CCC(=O)O)CC3. The van der Waals surface area contributed by atoms with E-state index in [1.165, 1.54) is 7.11 Å². The first-order chi connectivity index (χ1) is 26.3. The van der Waals surface area contributed by atoms with Gasteiger partial charge in [-0.05, 0) is 64.7 Å². The third kappa shape index (κ3) is 7.36. The van der Waals surface area contributed by atoms with Crippen LogP contribution in [0.1, 0.15) is 58.3 Å². The van der Waals surface area contributed by atoms with Crippen molar-refractivity contribution in [2.75, 3.05) is 61.6 Å². The predicted molar refractivity (Wildman–Crippen MR) is 204 cm³/mol. The number of quaternary nitrogens is 2. The van der Waals surface area contributed by atoms with Crippen molar-refractivity contribution in [3.63, 3.8) is 0 Å². The molecular formula is C43H50N2O10+2. The first-order valence-corrected chi connectivity index (χ1v) is 18.7. The van der Waals surface area contributed by atoms with Crippen LogP contribution in [0, 0.1) is 0 Å². The maximum Gasteiger partial charge on any atom is 0.309 e. The summed E-state index contributed by atoms with van der Waals surface area (Å²) in [6, 6.07) is 19.2. The fourth-order valence-electron chi connectivity index (χ4n) is 8.81. The van der Waals surface area contributed by atoms with Crippen molar-refractivity contribution in [1.29, 1.82) is 0 Å². The lowest BCUT2D eigenvalue weighted by Gasteiger charge is -2.46. The second-order valence-electron chi connectivity index (χ2n) is 15.4. The van der Waals surface area contributed by atoms with Gasteiger partial charge in [-0.25, -0.2) is 0 Å². The lowest BCUT2D eigenvalue weighted by molar-refractivity contribution is -0.941. The smallest absolute Gasteiger partial charge is 0.309 e. The number of benzene rings is 4. The van der Waals surface area contributed by atoms with Crippen LogP contribution in [0.5, 0.6) is 46.0 Å². The second-order valence-corrected chi connectivity index (χ2v) is 15.4. The number of likely N-dealkylation sites (N-methyl/N-ethyl adjacent to an activating group) is 2. The average Bonchev–Trinajstić information content (AvgIpc) is 3.17. The molecule has 0 fully saturated rings. The standard InChI is InChI=1S/C43H48N2O10/c1-44(18-14-39(46)47)16-12-28-23-35(52-4)37-25-31(28)32(44)20-26-6-9-30(10-7-26)54-36-22-27(8-11-34(36)51-3)21-33-41-29(13-17-45(33,2)19-15-40(48)49)24-38(53-5)42(50)43(41)55-37/h6-11,22-25,32-33H,12-21H2,1-5H3,(H-2,46,47,48,49,50)/p+2. The largest absolute Gasteiger partial charge is 0.502 e. The van der Waals surface area contributed by atoms with Crippen molar-refractivity contribution < 1.29 is 57.6 Å². The Kier molecular flexibility index (Phi) is 10.3. The van der Waals surface area contributed by atoms with Crippen molar-refractivity contribution in [2.45, 2.75) is 50.6 Å². The van der Waals surface area contributed by atoms with Gasteiger partial charge in [0.05, 0.1) is 80.0 Å². The zero-order valence-electron chi connectivity index (χ0n) is 32.1. The third-order valence-electron chi connectivity index (χ3n) is 12.1. The molecule has 12 heteroatoms. The summed E-state index contributed by atoms with van der Waals surface area (Å²) in [6.45, 7) is 2.19. The van der Waals surface area contributed by atoms with E-state index in [9.17, 15) is 24.9 Å². The number of phenolic OH excluding ortho intramolecular Hbond substituents is 1. The quantitative estimate of drug-likeness (QED) is 0.156. The number of hydrogen-bond donors (Lipinski definition) is 3. The molecule has 4 heterocycles. The number of aliphatic carboxylic acids is 2.